The van der Waals surface area contributed by atoms with Crippen molar-refractivity contribution in [2.75, 3.05) is 6.54 Å². The van der Waals surface area contributed by atoms with Crippen LogP contribution in [0.1, 0.15) is 32.6 Å². The Kier molecular flexibility index (Phi) is 5.51. The SMILES string of the molecule is CC[C@@H]1CCCCN1C(=O)Cn1cnc2cc(-c3ccc(Cl)cc3)sc2c1=O. The number of hydrogen-bond donors (Lipinski definition) is 0. The highest BCUT2D eigenvalue weighted by Crippen LogP contribution is 2.31. The molecule has 146 valence electrons. The normalized spacial score (nSPS) is 17.2. The quantitative estimate of drug-likeness (QED) is 0.627. The maximum atomic E-state index is 12.9. The monoisotopic (exact) mass is 415 g/mol. The fourth-order valence-electron chi connectivity index (χ4n) is 3.80. The van der Waals surface area contributed by atoms with Crippen molar-refractivity contribution in [3.05, 3.63) is 52.0 Å². The summed E-state index contributed by atoms with van der Waals surface area (Å²) in [7, 11) is 0. The summed E-state index contributed by atoms with van der Waals surface area (Å²) in [5.41, 5.74) is 1.50. The minimum absolute atomic E-state index is 0.00396. The van der Waals surface area contributed by atoms with Gasteiger partial charge in [-0.05, 0) is 49.4 Å². The standard InChI is InChI=1S/C21H22ClN3O2S/c1-2-16-5-3-4-10-25(16)19(26)12-24-13-23-17-11-18(28-20(17)21(24)27)14-6-8-15(22)9-7-14/h6-9,11,13,16H,2-5,10,12H2,1H3/t16-/m1/s1. The van der Waals surface area contributed by atoms with Gasteiger partial charge in [-0.3, -0.25) is 14.2 Å². The Labute approximate surface area is 172 Å². The lowest BCUT2D eigenvalue weighted by molar-refractivity contribution is -0.135. The zero-order valence-corrected chi connectivity index (χ0v) is 17.3. The summed E-state index contributed by atoms with van der Waals surface area (Å²) >= 11 is 7.36. The molecule has 0 unspecified atom stereocenters. The number of hydrogen-bond acceptors (Lipinski definition) is 4. The number of halogens is 1. The molecule has 1 aliphatic rings. The van der Waals surface area contributed by atoms with E-state index in [9.17, 15) is 9.59 Å². The van der Waals surface area contributed by atoms with Crippen molar-refractivity contribution in [1.82, 2.24) is 14.5 Å². The molecule has 0 aliphatic carbocycles. The summed E-state index contributed by atoms with van der Waals surface area (Å²) in [5, 5.41) is 0.673. The molecule has 5 nitrogen and oxygen atoms in total. The van der Waals surface area contributed by atoms with Gasteiger partial charge in [0, 0.05) is 22.5 Å². The predicted molar refractivity (Wildman–Crippen MR) is 114 cm³/mol. The van der Waals surface area contributed by atoms with Crippen LogP contribution < -0.4 is 5.56 Å². The van der Waals surface area contributed by atoms with Crippen molar-refractivity contribution in [1.29, 1.82) is 0 Å². The molecule has 1 aliphatic heterocycles. The van der Waals surface area contributed by atoms with Gasteiger partial charge in [0.25, 0.3) is 5.56 Å². The molecule has 2 aromatic heterocycles. The molecular formula is C21H22ClN3O2S. The van der Waals surface area contributed by atoms with Gasteiger partial charge in [-0.1, -0.05) is 30.7 Å². The Morgan fingerprint density at radius 3 is 2.82 bits per heavy atom. The van der Waals surface area contributed by atoms with Crippen molar-refractivity contribution in [2.24, 2.45) is 0 Å². The maximum absolute atomic E-state index is 12.9. The Morgan fingerprint density at radius 2 is 2.07 bits per heavy atom. The van der Waals surface area contributed by atoms with Crippen LogP contribution >= 0.6 is 22.9 Å². The average molecular weight is 416 g/mol. The van der Waals surface area contributed by atoms with Crippen LogP contribution in [0.25, 0.3) is 20.7 Å². The molecule has 28 heavy (non-hydrogen) atoms. The van der Waals surface area contributed by atoms with E-state index in [1.807, 2.05) is 35.2 Å². The summed E-state index contributed by atoms with van der Waals surface area (Å²) in [4.78, 5) is 33.1. The van der Waals surface area contributed by atoms with Gasteiger partial charge in [0.15, 0.2) is 0 Å². The molecule has 7 heteroatoms. The predicted octanol–water partition coefficient (Wildman–Crippen LogP) is 4.57. The number of carbonyl (C=O) groups excluding carboxylic acids is 1. The van der Waals surface area contributed by atoms with Crippen LogP contribution in [0.2, 0.25) is 5.02 Å². The highest BCUT2D eigenvalue weighted by atomic mass is 35.5. The molecule has 4 rings (SSSR count). The van der Waals surface area contributed by atoms with Gasteiger partial charge in [0.1, 0.15) is 11.2 Å². The number of piperidine rings is 1. The molecule has 1 atom stereocenters. The lowest BCUT2D eigenvalue weighted by atomic mass is 10.00. The summed E-state index contributed by atoms with van der Waals surface area (Å²) in [6.45, 7) is 2.94. The van der Waals surface area contributed by atoms with E-state index in [1.165, 1.54) is 28.7 Å². The smallest absolute Gasteiger partial charge is 0.271 e. The second kappa shape index (κ2) is 8.05. The van der Waals surface area contributed by atoms with Gasteiger partial charge in [-0.15, -0.1) is 11.3 Å². The van der Waals surface area contributed by atoms with Gasteiger partial charge in [0.05, 0.1) is 11.8 Å². The van der Waals surface area contributed by atoms with E-state index in [-0.39, 0.29) is 24.1 Å². The van der Waals surface area contributed by atoms with Gasteiger partial charge >= 0.3 is 0 Å². The minimum Gasteiger partial charge on any atom is -0.338 e. The number of aromatic nitrogens is 2. The summed E-state index contributed by atoms with van der Waals surface area (Å²) in [6.07, 6.45) is 5.69. The molecule has 0 saturated carbocycles. The number of thiophene rings is 1. The van der Waals surface area contributed by atoms with E-state index >= 15 is 0 Å². The van der Waals surface area contributed by atoms with E-state index in [0.29, 0.717) is 15.2 Å². The second-order valence-corrected chi connectivity index (χ2v) is 8.64. The molecule has 0 N–H and O–H groups in total. The van der Waals surface area contributed by atoms with Gasteiger partial charge in [-0.2, -0.15) is 0 Å². The largest absolute Gasteiger partial charge is 0.338 e. The Morgan fingerprint density at radius 1 is 1.29 bits per heavy atom. The van der Waals surface area contributed by atoms with Crippen LogP contribution in [0.15, 0.2) is 41.5 Å². The van der Waals surface area contributed by atoms with Gasteiger partial charge in [0.2, 0.25) is 5.91 Å². The number of carbonyl (C=O) groups is 1. The minimum atomic E-state index is -0.159. The third-order valence-corrected chi connectivity index (χ3v) is 6.77. The molecule has 1 amide bonds. The number of rotatable bonds is 4. The fourth-order valence-corrected chi connectivity index (χ4v) is 5.00. The molecule has 1 fully saturated rings. The van der Waals surface area contributed by atoms with Crippen molar-refractivity contribution >= 4 is 39.1 Å². The number of likely N-dealkylation sites (tertiary alicyclic amines) is 1. The van der Waals surface area contributed by atoms with Crippen molar-refractivity contribution in [3.63, 3.8) is 0 Å². The number of amides is 1. The van der Waals surface area contributed by atoms with Crippen LogP contribution in [0.3, 0.4) is 0 Å². The number of benzene rings is 1. The lowest BCUT2D eigenvalue weighted by Crippen LogP contribution is -2.45. The average Bonchev–Trinajstić information content (AvgIpc) is 3.15. The van der Waals surface area contributed by atoms with E-state index < -0.39 is 0 Å². The van der Waals surface area contributed by atoms with E-state index in [0.717, 1.165) is 36.2 Å². The first kappa shape index (κ1) is 19.2. The van der Waals surface area contributed by atoms with Crippen LogP contribution in [0.5, 0.6) is 0 Å². The van der Waals surface area contributed by atoms with Gasteiger partial charge in [-0.25, -0.2) is 4.98 Å². The zero-order chi connectivity index (χ0) is 19.7. The number of fused-ring (bicyclic) bond motifs is 1. The van der Waals surface area contributed by atoms with Crippen LogP contribution in [-0.4, -0.2) is 32.9 Å². The van der Waals surface area contributed by atoms with E-state index in [4.69, 9.17) is 11.6 Å². The van der Waals surface area contributed by atoms with Gasteiger partial charge < -0.3 is 4.90 Å². The first-order valence-corrected chi connectivity index (χ1v) is 10.8. The molecule has 1 saturated heterocycles. The summed E-state index contributed by atoms with van der Waals surface area (Å²) in [5.74, 6) is 0.00396. The third-order valence-electron chi connectivity index (χ3n) is 5.36. The molecule has 3 aromatic rings. The molecule has 1 aromatic carbocycles. The zero-order valence-electron chi connectivity index (χ0n) is 15.7. The molecule has 0 bridgehead atoms. The fraction of sp³-hybridized carbons (Fsp3) is 0.381. The third kappa shape index (κ3) is 3.71. The Bertz CT molecular complexity index is 1060. The first-order valence-electron chi connectivity index (χ1n) is 9.61. The molecule has 0 radical (unpaired) electrons. The summed E-state index contributed by atoms with van der Waals surface area (Å²) in [6, 6.07) is 9.70. The van der Waals surface area contributed by atoms with Crippen molar-refractivity contribution in [2.45, 2.75) is 45.2 Å². The highest BCUT2D eigenvalue weighted by molar-refractivity contribution is 7.22. The van der Waals surface area contributed by atoms with Crippen LogP contribution in [0, 0.1) is 0 Å². The van der Waals surface area contributed by atoms with E-state index in [2.05, 4.69) is 11.9 Å². The maximum Gasteiger partial charge on any atom is 0.271 e. The van der Waals surface area contributed by atoms with Crippen molar-refractivity contribution < 1.29 is 4.79 Å². The molecule has 0 spiro atoms. The van der Waals surface area contributed by atoms with Crippen molar-refractivity contribution in [3.8, 4) is 10.4 Å². The van der Waals surface area contributed by atoms with Crippen LogP contribution in [-0.2, 0) is 11.3 Å². The van der Waals surface area contributed by atoms with Crippen LogP contribution in [0.4, 0.5) is 0 Å². The second-order valence-electron chi connectivity index (χ2n) is 7.15. The molecule has 3 heterocycles. The molecular weight excluding hydrogens is 394 g/mol. The van der Waals surface area contributed by atoms with E-state index in [1.54, 1.807) is 0 Å². The Balaban J connectivity index is 1.61. The number of nitrogens with zero attached hydrogens (tertiary/aromatic N) is 3. The lowest BCUT2D eigenvalue weighted by Gasteiger charge is -2.35. The highest BCUT2D eigenvalue weighted by Gasteiger charge is 2.25. The Hall–Kier alpha value is -2.18. The summed E-state index contributed by atoms with van der Waals surface area (Å²) < 4.78 is 2.01. The first-order chi connectivity index (χ1) is 13.6. The topological polar surface area (TPSA) is 55.2 Å².